The van der Waals surface area contributed by atoms with Crippen LogP contribution in [0.2, 0.25) is 0 Å². The van der Waals surface area contributed by atoms with Crippen LogP contribution < -0.4 is 5.32 Å². The topological polar surface area (TPSA) is 124 Å². The molecule has 0 aliphatic carbocycles. The van der Waals surface area contributed by atoms with Gasteiger partial charge in [0.15, 0.2) is 0 Å². The van der Waals surface area contributed by atoms with Crippen LogP contribution in [-0.4, -0.2) is 53.1 Å². The van der Waals surface area contributed by atoms with Crippen molar-refractivity contribution in [1.82, 2.24) is 5.32 Å². The van der Waals surface area contributed by atoms with Crippen LogP contribution in [0.4, 0.5) is 0 Å². The zero-order valence-electron chi connectivity index (χ0n) is 31.2. The number of aliphatic hydroxyl groups is 2. The first-order valence-corrected chi connectivity index (χ1v) is 21.7. The molecule has 7 nitrogen and oxygen atoms in total. The molecular weight excluding hydrogens is 623 g/mol. The second kappa shape index (κ2) is 34.2. The van der Waals surface area contributed by atoms with Gasteiger partial charge in [0.2, 0.25) is 5.91 Å². The highest BCUT2D eigenvalue weighted by Gasteiger charge is 2.28. The Hall–Kier alpha value is -1.22. The summed E-state index contributed by atoms with van der Waals surface area (Å²) in [5.41, 5.74) is 0. The fourth-order valence-electron chi connectivity index (χ4n) is 6.15. The van der Waals surface area contributed by atoms with Crippen LogP contribution in [0.25, 0.3) is 0 Å². The van der Waals surface area contributed by atoms with Crippen molar-refractivity contribution in [1.29, 1.82) is 0 Å². The van der Waals surface area contributed by atoms with E-state index in [0.717, 1.165) is 25.7 Å². The van der Waals surface area contributed by atoms with Crippen LogP contribution in [0.1, 0.15) is 200 Å². The number of carbonyl (C=O) groups is 1. The van der Waals surface area contributed by atoms with Crippen LogP contribution in [0.3, 0.4) is 0 Å². The Morgan fingerprint density at radius 1 is 0.583 bits per heavy atom. The SMILES string of the molecule is CCCCCCCC/C=C\C/C=C\CC(O)C(=O)NC(CS(=O)(=O)O)C(O)CCCCCCCCCCCCCCCCCCCCC. The number of carbonyl (C=O) groups excluding carboxylic acids is 1. The van der Waals surface area contributed by atoms with Crippen LogP contribution in [-0.2, 0) is 14.9 Å². The van der Waals surface area contributed by atoms with E-state index in [-0.39, 0.29) is 6.42 Å². The van der Waals surface area contributed by atoms with Gasteiger partial charge in [-0.05, 0) is 25.7 Å². The van der Waals surface area contributed by atoms with Gasteiger partial charge in [-0.3, -0.25) is 9.35 Å². The first-order valence-electron chi connectivity index (χ1n) is 20.1. The predicted octanol–water partition coefficient (Wildman–Crippen LogP) is 10.5. The number of rotatable bonds is 36. The molecule has 0 fully saturated rings. The Labute approximate surface area is 297 Å². The van der Waals surface area contributed by atoms with Gasteiger partial charge in [0.1, 0.15) is 6.10 Å². The van der Waals surface area contributed by atoms with Crippen LogP contribution in [0, 0.1) is 0 Å². The lowest BCUT2D eigenvalue weighted by Gasteiger charge is -2.24. The Balaban J connectivity index is 4.02. The lowest BCUT2D eigenvalue weighted by Crippen LogP contribution is -2.50. The first-order chi connectivity index (χ1) is 23.2. The molecule has 0 heterocycles. The van der Waals surface area contributed by atoms with E-state index in [1.807, 2.05) is 6.08 Å². The Morgan fingerprint density at radius 3 is 1.42 bits per heavy atom. The minimum atomic E-state index is -4.42. The molecule has 284 valence electrons. The Morgan fingerprint density at radius 2 is 0.979 bits per heavy atom. The number of hydrogen-bond acceptors (Lipinski definition) is 5. The quantitative estimate of drug-likeness (QED) is 0.0293. The van der Waals surface area contributed by atoms with E-state index in [4.69, 9.17) is 0 Å². The summed E-state index contributed by atoms with van der Waals surface area (Å²) in [5.74, 6) is -1.54. The highest BCUT2D eigenvalue weighted by molar-refractivity contribution is 7.85. The maximum absolute atomic E-state index is 12.5. The maximum atomic E-state index is 12.5. The van der Waals surface area contributed by atoms with Crippen molar-refractivity contribution in [3.63, 3.8) is 0 Å². The molecule has 0 aliphatic heterocycles. The van der Waals surface area contributed by atoms with Crippen LogP contribution in [0.5, 0.6) is 0 Å². The van der Waals surface area contributed by atoms with Crippen molar-refractivity contribution in [3.05, 3.63) is 24.3 Å². The van der Waals surface area contributed by atoms with Gasteiger partial charge in [-0.2, -0.15) is 8.42 Å². The second-order valence-corrected chi connectivity index (χ2v) is 15.6. The van der Waals surface area contributed by atoms with Gasteiger partial charge in [0.25, 0.3) is 10.1 Å². The van der Waals surface area contributed by atoms with Gasteiger partial charge < -0.3 is 15.5 Å². The Kier molecular flexibility index (Phi) is 33.4. The average Bonchev–Trinajstić information content (AvgIpc) is 3.05. The summed E-state index contributed by atoms with van der Waals surface area (Å²) in [5, 5.41) is 23.4. The van der Waals surface area contributed by atoms with Crippen LogP contribution in [0.15, 0.2) is 24.3 Å². The molecule has 0 radical (unpaired) electrons. The van der Waals surface area contributed by atoms with E-state index in [9.17, 15) is 28.0 Å². The Bertz CT molecular complexity index is 875. The summed E-state index contributed by atoms with van der Waals surface area (Å²) < 4.78 is 32.5. The second-order valence-electron chi connectivity index (χ2n) is 14.1. The largest absolute Gasteiger partial charge is 0.391 e. The minimum Gasteiger partial charge on any atom is -0.391 e. The molecule has 0 aliphatic rings. The maximum Gasteiger partial charge on any atom is 0.266 e. The molecule has 0 bridgehead atoms. The fourth-order valence-corrected chi connectivity index (χ4v) is 6.91. The third kappa shape index (κ3) is 33.3. The summed E-state index contributed by atoms with van der Waals surface area (Å²) in [6.45, 7) is 4.49. The number of unbranched alkanes of at least 4 members (excludes halogenated alkanes) is 24. The van der Waals surface area contributed by atoms with Gasteiger partial charge in [0.05, 0.1) is 17.9 Å². The summed E-state index contributed by atoms with van der Waals surface area (Å²) in [4.78, 5) is 12.5. The van der Waals surface area contributed by atoms with Crippen LogP contribution >= 0.6 is 0 Å². The molecule has 3 unspecified atom stereocenters. The lowest BCUT2D eigenvalue weighted by atomic mass is 10.0. The third-order valence-electron chi connectivity index (χ3n) is 9.28. The van der Waals surface area contributed by atoms with E-state index in [0.29, 0.717) is 19.3 Å². The number of nitrogens with one attached hydrogen (secondary N) is 1. The van der Waals surface area contributed by atoms with Gasteiger partial charge in [-0.15, -0.1) is 0 Å². The molecule has 0 aromatic carbocycles. The molecule has 0 aromatic rings. The van der Waals surface area contributed by atoms with E-state index in [1.54, 1.807) is 6.08 Å². The number of amides is 1. The fraction of sp³-hybridized carbons (Fsp3) is 0.875. The molecule has 0 saturated carbocycles. The summed E-state index contributed by atoms with van der Waals surface area (Å²) in [6.07, 6.45) is 39.3. The molecule has 48 heavy (non-hydrogen) atoms. The summed E-state index contributed by atoms with van der Waals surface area (Å²) in [6, 6.07) is -1.17. The van der Waals surface area contributed by atoms with E-state index >= 15 is 0 Å². The summed E-state index contributed by atoms with van der Waals surface area (Å²) >= 11 is 0. The van der Waals surface area contributed by atoms with Crippen molar-refractivity contribution in [2.24, 2.45) is 0 Å². The molecule has 3 atom stereocenters. The molecule has 0 rings (SSSR count). The normalized spacial score (nSPS) is 14.2. The molecule has 4 N–H and O–H groups in total. The number of aliphatic hydroxyl groups excluding tert-OH is 2. The van der Waals surface area contributed by atoms with Crippen molar-refractivity contribution >= 4 is 16.0 Å². The molecule has 8 heteroatoms. The molecular formula is C40H77NO6S. The number of hydrogen-bond donors (Lipinski definition) is 4. The third-order valence-corrected chi connectivity index (χ3v) is 10.1. The van der Waals surface area contributed by atoms with E-state index in [1.165, 1.54) is 135 Å². The molecule has 0 aromatic heterocycles. The van der Waals surface area contributed by atoms with Crippen molar-refractivity contribution < 1.29 is 28.0 Å². The molecule has 0 saturated heterocycles. The average molecular weight is 700 g/mol. The highest BCUT2D eigenvalue weighted by atomic mass is 32.2. The predicted molar refractivity (Wildman–Crippen MR) is 204 cm³/mol. The van der Waals surface area contributed by atoms with E-state index in [2.05, 4.69) is 31.3 Å². The van der Waals surface area contributed by atoms with Gasteiger partial charge in [-0.1, -0.05) is 192 Å². The van der Waals surface area contributed by atoms with E-state index < -0.39 is 40.0 Å². The van der Waals surface area contributed by atoms with Gasteiger partial charge in [-0.25, -0.2) is 0 Å². The standard InChI is InChI=1S/C40H77NO6S/c1-3-5-7-9-11-13-15-17-18-19-20-21-22-23-25-26-28-30-32-34-38(42)37(36-48(45,46)47)41-40(44)39(43)35-33-31-29-27-24-16-14-12-10-8-6-4-2/h24,27,31,33,37-39,42-43H,3-23,25-26,28-30,32,34-36H2,1-2H3,(H,41,44)(H,45,46,47)/b27-24-,33-31-. The lowest BCUT2D eigenvalue weighted by molar-refractivity contribution is -0.130. The van der Waals surface area contributed by atoms with Crippen molar-refractivity contribution in [2.45, 2.75) is 218 Å². The minimum absolute atomic E-state index is 0.0884. The first kappa shape index (κ1) is 46.8. The zero-order chi connectivity index (χ0) is 35.6. The van der Waals surface area contributed by atoms with Crippen molar-refractivity contribution in [2.75, 3.05) is 5.75 Å². The number of allylic oxidation sites excluding steroid dienone is 3. The molecule has 1 amide bonds. The zero-order valence-corrected chi connectivity index (χ0v) is 32.0. The summed E-state index contributed by atoms with van der Waals surface area (Å²) in [7, 11) is -4.42. The van der Waals surface area contributed by atoms with Crippen molar-refractivity contribution in [3.8, 4) is 0 Å². The van der Waals surface area contributed by atoms with Gasteiger partial charge >= 0.3 is 0 Å². The monoisotopic (exact) mass is 700 g/mol. The molecule has 0 spiro atoms. The smallest absolute Gasteiger partial charge is 0.266 e. The highest BCUT2D eigenvalue weighted by Crippen LogP contribution is 2.16. The van der Waals surface area contributed by atoms with Gasteiger partial charge in [0, 0.05) is 6.42 Å².